The number of benzene rings is 1. The first-order valence-corrected chi connectivity index (χ1v) is 10.8. The van der Waals surface area contributed by atoms with Crippen molar-refractivity contribution < 1.29 is 18.7 Å². The standard InChI is InChI=1S/C22H19N3O5S/c1-29-22(28)17-13-7-3-5-9-15(13)31-20(17)24-16(26)10-25-11-23-18-12-6-2-4-8-14(12)30-19(18)21(25)27/h2,4,6,8,11H,3,5,7,9-10H2,1H3,(H,24,26). The van der Waals surface area contributed by atoms with Gasteiger partial charge in [0.2, 0.25) is 11.5 Å². The lowest BCUT2D eigenvalue weighted by molar-refractivity contribution is -0.116. The molecule has 1 aliphatic carbocycles. The maximum absolute atomic E-state index is 12.8. The molecule has 9 heteroatoms. The lowest BCUT2D eigenvalue weighted by Gasteiger charge is -2.11. The van der Waals surface area contributed by atoms with Crippen LogP contribution in [-0.2, 0) is 28.9 Å². The van der Waals surface area contributed by atoms with E-state index >= 15 is 0 Å². The van der Waals surface area contributed by atoms with Crippen molar-refractivity contribution in [3.63, 3.8) is 0 Å². The third-order valence-electron chi connectivity index (χ3n) is 5.48. The number of para-hydroxylation sites is 1. The summed E-state index contributed by atoms with van der Waals surface area (Å²) in [6.07, 6.45) is 5.07. The first kappa shape index (κ1) is 19.5. The molecule has 8 nitrogen and oxygen atoms in total. The number of esters is 1. The molecule has 0 fully saturated rings. The molecule has 0 saturated carbocycles. The van der Waals surface area contributed by atoms with Crippen LogP contribution < -0.4 is 10.9 Å². The number of aromatic nitrogens is 2. The van der Waals surface area contributed by atoms with E-state index in [9.17, 15) is 14.4 Å². The number of anilines is 1. The van der Waals surface area contributed by atoms with Gasteiger partial charge in [0.25, 0.3) is 5.56 Å². The number of rotatable bonds is 4. The van der Waals surface area contributed by atoms with Gasteiger partial charge >= 0.3 is 5.97 Å². The molecular weight excluding hydrogens is 418 g/mol. The quantitative estimate of drug-likeness (QED) is 0.490. The van der Waals surface area contributed by atoms with Gasteiger partial charge in [-0.3, -0.25) is 14.2 Å². The summed E-state index contributed by atoms with van der Waals surface area (Å²) in [5, 5.41) is 4.01. The summed E-state index contributed by atoms with van der Waals surface area (Å²) in [6.45, 7) is -0.248. The predicted octanol–water partition coefficient (Wildman–Crippen LogP) is 3.51. The van der Waals surface area contributed by atoms with Gasteiger partial charge in [-0.05, 0) is 43.4 Å². The minimum absolute atomic E-state index is 0.110. The monoisotopic (exact) mass is 437 g/mol. The van der Waals surface area contributed by atoms with Gasteiger partial charge < -0.3 is 14.5 Å². The third-order valence-corrected chi connectivity index (χ3v) is 6.69. The molecule has 0 radical (unpaired) electrons. The Morgan fingerprint density at radius 2 is 2.06 bits per heavy atom. The van der Waals surface area contributed by atoms with Crippen LogP contribution in [0.3, 0.4) is 0 Å². The lowest BCUT2D eigenvalue weighted by Crippen LogP contribution is -2.27. The van der Waals surface area contributed by atoms with Gasteiger partial charge in [0, 0.05) is 10.3 Å². The Kier molecular flexibility index (Phi) is 4.82. The van der Waals surface area contributed by atoms with Crippen molar-refractivity contribution in [3.05, 3.63) is 57.0 Å². The third kappa shape index (κ3) is 3.31. The number of methoxy groups -OCH3 is 1. The Morgan fingerprint density at radius 3 is 2.90 bits per heavy atom. The molecule has 5 rings (SSSR count). The second-order valence-electron chi connectivity index (χ2n) is 7.41. The normalized spacial score (nSPS) is 13.3. The zero-order chi connectivity index (χ0) is 21.5. The fourth-order valence-corrected chi connectivity index (χ4v) is 5.31. The molecule has 0 unspecified atom stereocenters. The van der Waals surface area contributed by atoms with Crippen LogP contribution in [0.25, 0.3) is 22.1 Å². The molecule has 1 amide bonds. The minimum atomic E-state index is -0.461. The zero-order valence-electron chi connectivity index (χ0n) is 16.8. The highest BCUT2D eigenvalue weighted by molar-refractivity contribution is 7.17. The maximum atomic E-state index is 12.8. The Bertz CT molecular complexity index is 1400. The van der Waals surface area contributed by atoms with E-state index in [4.69, 9.17) is 9.15 Å². The van der Waals surface area contributed by atoms with E-state index in [-0.39, 0.29) is 12.1 Å². The van der Waals surface area contributed by atoms with Crippen LogP contribution >= 0.6 is 11.3 Å². The van der Waals surface area contributed by atoms with Crippen LogP contribution in [0.5, 0.6) is 0 Å². The van der Waals surface area contributed by atoms with Crippen LogP contribution in [0.4, 0.5) is 5.00 Å². The average molecular weight is 437 g/mol. The highest BCUT2D eigenvalue weighted by atomic mass is 32.1. The molecule has 0 atom stereocenters. The molecule has 0 bridgehead atoms. The number of carbonyl (C=O) groups is 2. The average Bonchev–Trinajstić information content (AvgIpc) is 3.33. The Labute approximate surface area is 180 Å². The molecule has 0 saturated heterocycles. The van der Waals surface area contributed by atoms with E-state index < -0.39 is 17.4 Å². The smallest absolute Gasteiger partial charge is 0.341 e. The number of furan rings is 1. The number of hydrogen-bond acceptors (Lipinski definition) is 7. The summed E-state index contributed by atoms with van der Waals surface area (Å²) in [6, 6.07) is 7.26. The SMILES string of the molecule is COC(=O)c1c(NC(=O)Cn2cnc3c(oc4ccccc43)c2=O)sc2c1CCCC2. The molecule has 1 aromatic carbocycles. The van der Waals surface area contributed by atoms with Gasteiger partial charge in [-0.15, -0.1) is 11.3 Å². The van der Waals surface area contributed by atoms with Crippen LogP contribution in [-0.4, -0.2) is 28.5 Å². The van der Waals surface area contributed by atoms with Gasteiger partial charge in [-0.1, -0.05) is 12.1 Å². The first-order valence-electron chi connectivity index (χ1n) is 9.96. The fourth-order valence-electron chi connectivity index (χ4n) is 4.02. The Balaban J connectivity index is 1.45. The molecule has 31 heavy (non-hydrogen) atoms. The number of ether oxygens (including phenoxy) is 1. The van der Waals surface area contributed by atoms with Gasteiger partial charge in [0.1, 0.15) is 22.6 Å². The van der Waals surface area contributed by atoms with E-state index in [0.29, 0.717) is 21.7 Å². The summed E-state index contributed by atoms with van der Waals surface area (Å²) in [7, 11) is 1.33. The molecule has 1 N–H and O–H groups in total. The molecule has 0 aliphatic heterocycles. The molecule has 3 heterocycles. The molecular formula is C22H19N3O5S. The van der Waals surface area contributed by atoms with Gasteiger partial charge in [0.15, 0.2) is 0 Å². The van der Waals surface area contributed by atoms with Gasteiger partial charge in [-0.25, -0.2) is 9.78 Å². The topological polar surface area (TPSA) is 103 Å². The van der Waals surface area contributed by atoms with Crippen molar-refractivity contribution in [1.29, 1.82) is 0 Å². The van der Waals surface area contributed by atoms with Crippen molar-refractivity contribution in [3.8, 4) is 0 Å². The molecule has 4 aromatic rings. The summed E-state index contributed by atoms with van der Waals surface area (Å²) in [5.74, 6) is -0.889. The van der Waals surface area contributed by atoms with Crippen molar-refractivity contribution in [2.75, 3.05) is 12.4 Å². The van der Waals surface area contributed by atoms with Crippen LogP contribution in [0.1, 0.15) is 33.6 Å². The second kappa shape index (κ2) is 7.66. The van der Waals surface area contributed by atoms with E-state index in [0.717, 1.165) is 41.5 Å². The van der Waals surface area contributed by atoms with Crippen molar-refractivity contribution in [1.82, 2.24) is 9.55 Å². The molecule has 158 valence electrons. The highest BCUT2D eigenvalue weighted by Gasteiger charge is 2.27. The van der Waals surface area contributed by atoms with Crippen LogP contribution in [0.15, 0.2) is 39.8 Å². The Hall–Kier alpha value is -3.46. The number of amides is 1. The Morgan fingerprint density at radius 1 is 1.26 bits per heavy atom. The van der Waals surface area contributed by atoms with E-state index in [1.807, 2.05) is 18.2 Å². The number of nitrogens with one attached hydrogen (secondary N) is 1. The summed E-state index contributed by atoms with van der Waals surface area (Å²) in [4.78, 5) is 43.4. The number of aryl methyl sites for hydroxylation is 1. The van der Waals surface area contributed by atoms with E-state index in [1.54, 1.807) is 6.07 Å². The second-order valence-corrected chi connectivity index (χ2v) is 8.51. The van der Waals surface area contributed by atoms with Crippen molar-refractivity contribution >= 4 is 50.3 Å². The molecule has 3 aromatic heterocycles. The van der Waals surface area contributed by atoms with Gasteiger partial charge in [0.05, 0.1) is 19.0 Å². The number of carbonyl (C=O) groups excluding carboxylic acids is 2. The minimum Gasteiger partial charge on any atom is -0.465 e. The van der Waals surface area contributed by atoms with Crippen LogP contribution in [0.2, 0.25) is 0 Å². The predicted molar refractivity (Wildman–Crippen MR) is 117 cm³/mol. The lowest BCUT2D eigenvalue weighted by atomic mass is 9.95. The number of thiophene rings is 1. The first-order chi connectivity index (χ1) is 15.1. The number of nitrogens with zero attached hydrogens (tertiary/aromatic N) is 2. The highest BCUT2D eigenvalue weighted by Crippen LogP contribution is 2.38. The summed E-state index contributed by atoms with van der Waals surface area (Å²) in [5.41, 5.74) is 2.09. The largest absolute Gasteiger partial charge is 0.465 e. The summed E-state index contributed by atoms with van der Waals surface area (Å²) < 4.78 is 11.8. The van der Waals surface area contributed by atoms with Gasteiger partial charge in [-0.2, -0.15) is 0 Å². The maximum Gasteiger partial charge on any atom is 0.341 e. The molecule has 0 spiro atoms. The van der Waals surface area contributed by atoms with Crippen LogP contribution in [0, 0.1) is 0 Å². The van der Waals surface area contributed by atoms with Crippen molar-refractivity contribution in [2.24, 2.45) is 0 Å². The zero-order valence-corrected chi connectivity index (χ0v) is 17.6. The number of hydrogen-bond donors (Lipinski definition) is 1. The molecule has 1 aliphatic rings. The van der Waals surface area contributed by atoms with E-state index in [1.165, 1.54) is 29.3 Å². The summed E-state index contributed by atoms with van der Waals surface area (Å²) >= 11 is 1.40. The van der Waals surface area contributed by atoms with Crippen molar-refractivity contribution in [2.45, 2.75) is 32.2 Å². The van der Waals surface area contributed by atoms with E-state index in [2.05, 4.69) is 10.3 Å². The fraction of sp³-hybridized carbons (Fsp3) is 0.273. The number of fused-ring (bicyclic) bond motifs is 4.